The minimum atomic E-state index is -0.353. The third-order valence-corrected chi connectivity index (χ3v) is 3.52. The molecule has 20 heavy (non-hydrogen) atoms. The van der Waals surface area contributed by atoms with Crippen LogP contribution in [0.25, 0.3) is 0 Å². The smallest absolute Gasteiger partial charge is 0.260 e. The van der Waals surface area contributed by atoms with Crippen molar-refractivity contribution in [2.24, 2.45) is 0 Å². The Bertz CT molecular complexity index is 607. The number of fused-ring (bicyclic) bond motifs is 1. The molecule has 104 valence electrons. The van der Waals surface area contributed by atoms with Gasteiger partial charge < -0.3 is 18.6 Å². The van der Waals surface area contributed by atoms with Gasteiger partial charge in [-0.1, -0.05) is 12.1 Å². The number of para-hydroxylation sites is 2. The van der Waals surface area contributed by atoms with Crippen LogP contribution < -0.4 is 9.47 Å². The number of nitrogens with zero attached hydrogens (tertiary/aromatic N) is 2. The van der Waals surface area contributed by atoms with E-state index in [0.29, 0.717) is 30.7 Å². The van der Waals surface area contributed by atoms with Crippen molar-refractivity contribution in [3.63, 3.8) is 0 Å². The fourth-order valence-corrected chi connectivity index (χ4v) is 2.41. The molecule has 0 spiro atoms. The van der Waals surface area contributed by atoms with Gasteiger partial charge in [0.2, 0.25) is 12.0 Å². The topological polar surface area (TPSA) is 66.6 Å². The first-order valence-electron chi connectivity index (χ1n) is 6.69. The van der Waals surface area contributed by atoms with Crippen LogP contribution in [0.2, 0.25) is 0 Å². The molecule has 2 aliphatic heterocycles. The Hall–Kier alpha value is -2.08. The second kappa shape index (κ2) is 4.79. The molecule has 1 saturated heterocycles. The maximum Gasteiger partial charge on any atom is 0.260 e. The van der Waals surface area contributed by atoms with E-state index in [1.54, 1.807) is 0 Å². The quantitative estimate of drug-likeness (QED) is 0.835. The maximum absolute atomic E-state index is 5.84. The third kappa shape index (κ3) is 2.02. The summed E-state index contributed by atoms with van der Waals surface area (Å²) in [6, 6.07) is 7.55. The second-order valence-electron chi connectivity index (χ2n) is 4.90. The van der Waals surface area contributed by atoms with Crippen molar-refractivity contribution in [2.45, 2.75) is 18.4 Å². The van der Waals surface area contributed by atoms with Crippen LogP contribution in [0.1, 0.15) is 30.2 Å². The third-order valence-electron chi connectivity index (χ3n) is 3.52. The lowest BCUT2D eigenvalue weighted by molar-refractivity contribution is 0.0699. The van der Waals surface area contributed by atoms with Crippen LogP contribution in [-0.4, -0.2) is 30.0 Å². The van der Waals surface area contributed by atoms with Crippen molar-refractivity contribution in [1.29, 1.82) is 0 Å². The number of rotatable bonds is 2. The number of ether oxygens (including phenoxy) is 3. The molecule has 0 unspecified atom stereocenters. The molecule has 0 saturated carbocycles. The number of aromatic nitrogens is 2. The van der Waals surface area contributed by atoms with E-state index in [0.717, 1.165) is 18.8 Å². The van der Waals surface area contributed by atoms with Crippen LogP contribution in [0.5, 0.6) is 11.5 Å². The van der Waals surface area contributed by atoms with Crippen LogP contribution in [0.15, 0.2) is 28.7 Å². The zero-order valence-electron chi connectivity index (χ0n) is 10.8. The van der Waals surface area contributed by atoms with Crippen LogP contribution in [0.4, 0.5) is 0 Å². The van der Waals surface area contributed by atoms with Crippen LogP contribution in [0.3, 0.4) is 0 Å². The molecule has 0 aliphatic carbocycles. The highest BCUT2D eigenvalue weighted by Gasteiger charge is 2.30. The summed E-state index contributed by atoms with van der Waals surface area (Å²) in [4.78, 5) is 0. The van der Waals surface area contributed by atoms with E-state index in [2.05, 4.69) is 10.2 Å². The minimum Gasteiger partial charge on any atom is -0.485 e. The molecule has 0 radical (unpaired) electrons. The first kappa shape index (κ1) is 11.7. The predicted molar refractivity (Wildman–Crippen MR) is 67.8 cm³/mol. The fraction of sp³-hybridized carbons (Fsp3) is 0.429. The van der Waals surface area contributed by atoms with Gasteiger partial charge >= 0.3 is 0 Å². The summed E-state index contributed by atoms with van der Waals surface area (Å²) >= 11 is 0. The van der Waals surface area contributed by atoms with Crippen molar-refractivity contribution in [1.82, 2.24) is 10.2 Å². The van der Waals surface area contributed by atoms with E-state index in [9.17, 15) is 0 Å². The van der Waals surface area contributed by atoms with E-state index in [1.807, 2.05) is 24.3 Å². The van der Waals surface area contributed by atoms with E-state index >= 15 is 0 Å². The molecule has 3 heterocycles. The van der Waals surface area contributed by atoms with Gasteiger partial charge in [0, 0.05) is 6.61 Å². The van der Waals surface area contributed by atoms with Gasteiger partial charge in [0.1, 0.15) is 6.61 Å². The fourth-order valence-electron chi connectivity index (χ4n) is 2.41. The first-order valence-corrected chi connectivity index (χ1v) is 6.69. The second-order valence-corrected chi connectivity index (χ2v) is 4.90. The molecule has 0 bridgehead atoms. The zero-order chi connectivity index (χ0) is 13.4. The summed E-state index contributed by atoms with van der Waals surface area (Å²) in [5, 5.41) is 8.18. The van der Waals surface area contributed by atoms with Gasteiger partial charge in [-0.05, 0) is 18.6 Å². The van der Waals surface area contributed by atoms with Crippen LogP contribution >= 0.6 is 0 Å². The lowest BCUT2D eigenvalue weighted by atomic mass is 10.1. The molecule has 1 aromatic carbocycles. The molecule has 6 nitrogen and oxygen atoms in total. The summed E-state index contributed by atoms with van der Waals surface area (Å²) in [5.41, 5.74) is 0. The Labute approximate surface area is 115 Å². The Morgan fingerprint density at radius 1 is 1.00 bits per heavy atom. The number of hydrogen-bond acceptors (Lipinski definition) is 6. The van der Waals surface area contributed by atoms with Gasteiger partial charge in [0.15, 0.2) is 11.5 Å². The summed E-state index contributed by atoms with van der Waals surface area (Å²) < 4.78 is 22.5. The first-order chi connectivity index (χ1) is 9.90. The monoisotopic (exact) mass is 274 g/mol. The molecular weight excluding hydrogens is 260 g/mol. The molecule has 1 fully saturated rings. The van der Waals surface area contributed by atoms with Gasteiger partial charge in [-0.25, -0.2) is 0 Å². The van der Waals surface area contributed by atoms with Crippen molar-refractivity contribution < 1.29 is 18.6 Å². The predicted octanol–water partition coefficient (Wildman–Crippen LogP) is 2.09. The summed E-state index contributed by atoms with van der Waals surface area (Å²) in [5.74, 6) is 2.73. The van der Waals surface area contributed by atoms with Crippen molar-refractivity contribution in [3.05, 3.63) is 36.0 Å². The van der Waals surface area contributed by atoms with Crippen LogP contribution in [-0.2, 0) is 4.74 Å². The number of hydrogen-bond donors (Lipinski definition) is 0. The lowest BCUT2D eigenvalue weighted by Crippen LogP contribution is -2.21. The van der Waals surface area contributed by atoms with Gasteiger partial charge in [-0.15, -0.1) is 10.2 Å². The van der Waals surface area contributed by atoms with E-state index < -0.39 is 0 Å². The van der Waals surface area contributed by atoms with Gasteiger partial charge in [-0.2, -0.15) is 0 Å². The molecule has 1 aromatic heterocycles. The summed E-state index contributed by atoms with van der Waals surface area (Å²) in [7, 11) is 0. The molecule has 0 N–H and O–H groups in total. The van der Waals surface area contributed by atoms with E-state index in [-0.39, 0.29) is 12.0 Å². The molecule has 2 atom stereocenters. The maximum atomic E-state index is 5.84. The van der Waals surface area contributed by atoms with E-state index in [4.69, 9.17) is 18.6 Å². The van der Waals surface area contributed by atoms with Crippen LogP contribution in [0, 0.1) is 0 Å². The molecule has 6 heteroatoms. The largest absolute Gasteiger partial charge is 0.485 e. The minimum absolute atomic E-state index is 0.202. The van der Waals surface area contributed by atoms with Crippen molar-refractivity contribution in [3.8, 4) is 11.5 Å². The molecular formula is C14H14N2O4. The average Bonchev–Trinajstić information content (AvgIpc) is 3.17. The summed E-state index contributed by atoms with van der Waals surface area (Å²) in [6.07, 6.45) is 0.570. The average molecular weight is 274 g/mol. The standard InChI is InChI=1S/C14H14N2O4/c1-2-4-11-10(3-1)18-8-12(19-11)14-16-15-13(20-14)9-5-6-17-7-9/h1-4,9,12H,5-8H2/t9-,12-/m1/s1. The highest BCUT2D eigenvalue weighted by molar-refractivity contribution is 5.40. The Morgan fingerprint density at radius 3 is 2.70 bits per heavy atom. The highest BCUT2D eigenvalue weighted by atomic mass is 16.6. The van der Waals surface area contributed by atoms with E-state index in [1.165, 1.54) is 0 Å². The molecule has 2 aliphatic rings. The SMILES string of the molecule is c1ccc2c(c1)OC[C@H](c1nnc([C@@H]3CCOC3)o1)O2. The summed E-state index contributed by atoms with van der Waals surface area (Å²) in [6.45, 7) is 1.77. The highest BCUT2D eigenvalue weighted by Crippen LogP contribution is 2.36. The molecule has 0 amide bonds. The van der Waals surface area contributed by atoms with Crippen molar-refractivity contribution in [2.75, 3.05) is 19.8 Å². The van der Waals surface area contributed by atoms with Gasteiger partial charge in [-0.3, -0.25) is 0 Å². The molecule has 2 aromatic rings. The van der Waals surface area contributed by atoms with Gasteiger partial charge in [0.05, 0.1) is 12.5 Å². The normalized spacial score (nSPS) is 24.8. The Morgan fingerprint density at radius 2 is 1.85 bits per heavy atom. The molecule has 4 rings (SSSR count). The Balaban J connectivity index is 1.54. The van der Waals surface area contributed by atoms with Crippen molar-refractivity contribution >= 4 is 0 Å². The van der Waals surface area contributed by atoms with Gasteiger partial charge in [0.25, 0.3) is 5.89 Å². The zero-order valence-corrected chi connectivity index (χ0v) is 10.8. The Kier molecular flexibility index (Phi) is 2.81. The lowest BCUT2D eigenvalue weighted by Gasteiger charge is -2.23. The number of benzene rings is 1.